The van der Waals surface area contributed by atoms with E-state index in [2.05, 4.69) is 15.0 Å². The van der Waals surface area contributed by atoms with Crippen molar-refractivity contribution in [3.63, 3.8) is 0 Å². The van der Waals surface area contributed by atoms with E-state index in [4.69, 9.17) is 0 Å². The molecule has 11 heteroatoms. The van der Waals surface area contributed by atoms with E-state index in [1.807, 2.05) is 0 Å². The molecule has 0 saturated heterocycles. The summed E-state index contributed by atoms with van der Waals surface area (Å²) in [6, 6.07) is 16.6. The number of carbonyl (C=O) groups is 1. The summed E-state index contributed by atoms with van der Waals surface area (Å²) in [6.07, 6.45) is 1.02. The molecular formula is C28H19F4N3O3S. The van der Waals surface area contributed by atoms with Crippen LogP contribution in [0.25, 0.3) is 33.2 Å². The van der Waals surface area contributed by atoms with E-state index in [0.29, 0.717) is 28.7 Å². The lowest BCUT2D eigenvalue weighted by atomic mass is 9.97. The first-order valence-electron chi connectivity index (χ1n) is 11.4. The fourth-order valence-electron chi connectivity index (χ4n) is 4.18. The first-order chi connectivity index (χ1) is 18.4. The number of amides is 1. The smallest absolute Gasteiger partial charge is 0.272 e. The third-order valence-corrected chi connectivity index (χ3v) is 6.45. The normalized spacial score (nSPS) is 11.5. The Bertz CT molecular complexity index is 1800. The van der Waals surface area contributed by atoms with Crippen molar-refractivity contribution in [2.45, 2.75) is 0 Å². The molecule has 6 nitrogen and oxygen atoms in total. The molecule has 0 fully saturated rings. The van der Waals surface area contributed by atoms with E-state index < -0.39 is 39.2 Å². The summed E-state index contributed by atoms with van der Waals surface area (Å²) >= 11 is 0. The highest BCUT2D eigenvalue weighted by atomic mass is 32.2. The third-order valence-electron chi connectivity index (χ3n) is 5.85. The molecule has 4 aromatic carbocycles. The minimum atomic E-state index is -3.50. The van der Waals surface area contributed by atoms with E-state index in [1.54, 1.807) is 18.2 Å². The van der Waals surface area contributed by atoms with Crippen molar-refractivity contribution in [3.05, 3.63) is 108 Å². The Morgan fingerprint density at radius 1 is 0.718 bits per heavy atom. The summed E-state index contributed by atoms with van der Waals surface area (Å²) < 4.78 is 81.6. The molecule has 0 bridgehead atoms. The van der Waals surface area contributed by atoms with E-state index in [0.717, 1.165) is 18.4 Å². The SMILES string of the molecule is CS(=O)(=O)Nc1ccc2cc(C(=O)Nc3cc(-c4ccc(F)cc4F)cc(-c4ccc(F)cc4F)c3)[nH]c2c1. The lowest BCUT2D eigenvalue weighted by Crippen LogP contribution is -2.12. The molecule has 0 radical (unpaired) electrons. The number of aromatic nitrogens is 1. The van der Waals surface area contributed by atoms with Gasteiger partial charge in [0.05, 0.1) is 11.9 Å². The van der Waals surface area contributed by atoms with Crippen LogP contribution in [0.4, 0.5) is 28.9 Å². The van der Waals surface area contributed by atoms with Crippen molar-refractivity contribution in [2.24, 2.45) is 0 Å². The lowest BCUT2D eigenvalue weighted by molar-refractivity contribution is 0.102. The summed E-state index contributed by atoms with van der Waals surface area (Å²) in [5.41, 5.74) is 1.55. The average molecular weight is 554 g/mol. The van der Waals surface area contributed by atoms with Crippen molar-refractivity contribution in [2.75, 3.05) is 16.3 Å². The highest BCUT2D eigenvalue weighted by molar-refractivity contribution is 7.92. The topological polar surface area (TPSA) is 91.1 Å². The number of carbonyl (C=O) groups excluding carboxylic acids is 1. The Kier molecular flexibility index (Phi) is 6.61. The molecule has 3 N–H and O–H groups in total. The molecule has 198 valence electrons. The quantitative estimate of drug-likeness (QED) is 0.205. The van der Waals surface area contributed by atoms with Gasteiger partial charge in [0.2, 0.25) is 10.0 Å². The summed E-state index contributed by atoms with van der Waals surface area (Å²) in [4.78, 5) is 16.0. The van der Waals surface area contributed by atoms with Crippen LogP contribution in [0, 0.1) is 23.3 Å². The van der Waals surface area contributed by atoms with Crippen LogP contribution < -0.4 is 10.0 Å². The number of nitrogens with one attached hydrogen (secondary N) is 3. The number of sulfonamides is 1. The zero-order valence-electron chi connectivity index (χ0n) is 20.2. The Hall–Kier alpha value is -4.64. The van der Waals surface area contributed by atoms with Crippen LogP contribution >= 0.6 is 0 Å². The van der Waals surface area contributed by atoms with Crippen LogP contribution in [0.1, 0.15) is 10.5 Å². The molecule has 1 aromatic heterocycles. The summed E-state index contributed by atoms with van der Waals surface area (Å²) in [5, 5.41) is 3.31. The average Bonchev–Trinajstić information content (AvgIpc) is 3.26. The van der Waals surface area contributed by atoms with Crippen molar-refractivity contribution >= 4 is 38.2 Å². The van der Waals surface area contributed by atoms with Gasteiger partial charge in [0.15, 0.2) is 0 Å². The van der Waals surface area contributed by atoms with Gasteiger partial charge in [-0.15, -0.1) is 0 Å². The van der Waals surface area contributed by atoms with E-state index >= 15 is 0 Å². The predicted octanol–water partition coefficient (Wildman–Crippen LogP) is 6.68. The number of hydrogen-bond acceptors (Lipinski definition) is 3. The monoisotopic (exact) mass is 553 g/mol. The highest BCUT2D eigenvalue weighted by Crippen LogP contribution is 2.34. The van der Waals surface area contributed by atoms with Crippen molar-refractivity contribution < 1.29 is 30.8 Å². The lowest BCUT2D eigenvalue weighted by Gasteiger charge is -2.13. The summed E-state index contributed by atoms with van der Waals surface area (Å²) in [6.45, 7) is 0. The third kappa shape index (κ3) is 5.78. The number of aromatic amines is 1. The molecule has 0 atom stereocenters. The second kappa shape index (κ2) is 9.91. The van der Waals surface area contributed by atoms with Gasteiger partial charge < -0.3 is 10.3 Å². The van der Waals surface area contributed by atoms with Crippen LogP contribution in [-0.2, 0) is 10.0 Å². The van der Waals surface area contributed by atoms with Gasteiger partial charge in [-0.25, -0.2) is 26.0 Å². The molecule has 1 heterocycles. The second-order valence-electron chi connectivity index (χ2n) is 8.86. The largest absolute Gasteiger partial charge is 0.350 e. The van der Waals surface area contributed by atoms with Gasteiger partial charge in [-0.05, 0) is 71.8 Å². The van der Waals surface area contributed by atoms with E-state index in [-0.39, 0.29) is 33.6 Å². The minimum absolute atomic E-state index is 0.00721. The number of H-pyrrole nitrogens is 1. The first kappa shape index (κ1) is 26.0. The van der Waals surface area contributed by atoms with Crippen LogP contribution in [-0.4, -0.2) is 25.6 Å². The molecule has 0 aliphatic rings. The standard InChI is InChI=1S/C28H19F4N3O3S/c1-39(37,38)35-20-5-2-15-11-27(34-26(15)14-20)28(36)33-21-9-16(22-6-3-18(29)12-24(22)31)8-17(10-21)23-7-4-19(30)13-25(23)32/h2-14,34-35H,1H3,(H,33,36). The predicted molar refractivity (Wildman–Crippen MR) is 142 cm³/mol. The second-order valence-corrected chi connectivity index (χ2v) is 10.6. The number of anilines is 2. The maximum atomic E-state index is 14.6. The number of benzene rings is 4. The number of fused-ring (bicyclic) bond motifs is 1. The Morgan fingerprint density at radius 3 is 1.85 bits per heavy atom. The molecule has 5 rings (SSSR count). The maximum Gasteiger partial charge on any atom is 0.272 e. The maximum absolute atomic E-state index is 14.6. The van der Waals surface area contributed by atoms with Crippen molar-refractivity contribution in [1.82, 2.24) is 4.98 Å². The van der Waals surface area contributed by atoms with Crippen molar-refractivity contribution in [3.8, 4) is 22.3 Å². The molecule has 0 unspecified atom stereocenters. The van der Waals surface area contributed by atoms with Gasteiger partial charge in [-0.3, -0.25) is 9.52 Å². The molecular weight excluding hydrogens is 534 g/mol. The van der Waals surface area contributed by atoms with Crippen LogP contribution in [0.2, 0.25) is 0 Å². The number of halogens is 4. The number of hydrogen-bond donors (Lipinski definition) is 3. The van der Waals surface area contributed by atoms with Gasteiger partial charge >= 0.3 is 0 Å². The zero-order valence-corrected chi connectivity index (χ0v) is 21.0. The Balaban J connectivity index is 1.53. The molecule has 0 aliphatic carbocycles. The highest BCUT2D eigenvalue weighted by Gasteiger charge is 2.16. The van der Waals surface area contributed by atoms with Gasteiger partial charge in [0.25, 0.3) is 5.91 Å². The molecule has 0 spiro atoms. The molecule has 0 aliphatic heterocycles. The van der Waals surface area contributed by atoms with Crippen LogP contribution in [0.15, 0.2) is 78.9 Å². The van der Waals surface area contributed by atoms with Crippen molar-refractivity contribution in [1.29, 1.82) is 0 Å². The first-order valence-corrected chi connectivity index (χ1v) is 13.3. The van der Waals surface area contributed by atoms with Crippen LogP contribution in [0.3, 0.4) is 0 Å². The summed E-state index contributed by atoms with van der Waals surface area (Å²) in [7, 11) is -3.50. The minimum Gasteiger partial charge on any atom is -0.350 e. The molecule has 1 amide bonds. The zero-order chi connectivity index (χ0) is 27.9. The van der Waals surface area contributed by atoms with Crippen LogP contribution in [0.5, 0.6) is 0 Å². The number of rotatable bonds is 6. The Morgan fingerprint density at radius 2 is 1.31 bits per heavy atom. The molecule has 39 heavy (non-hydrogen) atoms. The van der Waals surface area contributed by atoms with Gasteiger partial charge in [0, 0.05) is 39.8 Å². The fraction of sp³-hybridized carbons (Fsp3) is 0.0357. The van der Waals surface area contributed by atoms with E-state index in [9.17, 15) is 30.8 Å². The van der Waals surface area contributed by atoms with Gasteiger partial charge in [0.1, 0.15) is 29.0 Å². The van der Waals surface area contributed by atoms with E-state index in [1.165, 1.54) is 36.4 Å². The fourth-order valence-corrected chi connectivity index (χ4v) is 4.74. The van der Waals surface area contributed by atoms with Gasteiger partial charge in [-0.1, -0.05) is 6.07 Å². The molecule has 0 saturated carbocycles. The molecule has 5 aromatic rings. The Labute approximate surface area is 220 Å². The van der Waals surface area contributed by atoms with Gasteiger partial charge in [-0.2, -0.15) is 0 Å². The summed E-state index contributed by atoms with van der Waals surface area (Å²) in [5.74, 6) is -3.87.